The van der Waals surface area contributed by atoms with Crippen molar-refractivity contribution in [3.63, 3.8) is 0 Å². The maximum absolute atomic E-state index is 12.1. The van der Waals surface area contributed by atoms with Crippen LogP contribution in [0.2, 0.25) is 0 Å². The average Bonchev–Trinajstić information content (AvgIpc) is 3.19. The number of hydrogen-bond acceptors (Lipinski definition) is 3. The van der Waals surface area contributed by atoms with Crippen LogP contribution in [-0.2, 0) is 29.3 Å². The zero-order chi connectivity index (χ0) is 19.1. The summed E-state index contributed by atoms with van der Waals surface area (Å²) in [5.41, 5.74) is 3.21. The van der Waals surface area contributed by atoms with Crippen molar-refractivity contribution in [1.82, 2.24) is 10.2 Å². The second-order valence-electron chi connectivity index (χ2n) is 6.72. The summed E-state index contributed by atoms with van der Waals surface area (Å²) in [6.45, 7) is 2.29. The molecule has 2 N–H and O–H groups in total. The lowest BCUT2D eigenvalue weighted by atomic mass is 10.1. The number of likely N-dealkylation sites (tertiary alicyclic amines) is 1. The van der Waals surface area contributed by atoms with Crippen molar-refractivity contribution >= 4 is 12.0 Å². The molecule has 0 spiro atoms. The maximum atomic E-state index is 12.1. The summed E-state index contributed by atoms with van der Waals surface area (Å²) in [5.74, 6) is -1.29. The lowest BCUT2D eigenvalue weighted by Crippen LogP contribution is -2.38. The Morgan fingerprint density at radius 2 is 1.63 bits per heavy atom. The standard InChI is InChI=1S/C21H24N2O4/c24-20(25)19-10-11-23(13-19)21(26)22-12-16-6-8-18(9-7-16)15-27-14-17-4-2-1-3-5-17/h1-9,19H,10-15H2,(H,22,26)(H,24,25). The zero-order valence-corrected chi connectivity index (χ0v) is 15.1. The fourth-order valence-corrected chi connectivity index (χ4v) is 3.05. The van der Waals surface area contributed by atoms with Crippen molar-refractivity contribution in [2.45, 2.75) is 26.2 Å². The molecule has 142 valence electrons. The number of nitrogens with zero attached hydrogens (tertiary/aromatic N) is 1. The summed E-state index contributed by atoms with van der Waals surface area (Å²) in [4.78, 5) is 24.7. The number of rotatable bonds is 7. The lowest BCUT2D eigenvalue weighted by molar-refractivity contribution is -0.141. The van der Waals surface area contributed by atoms with Gasteiger partial charge >= 0.3 is 12.0 Å². The minimum atomic E-state index is -0.838. The molecule has 2 amide bonds. The van der Waals surface area contributed by atoms with Crippen LogP contribution in [-0.4, -0.2) is 35.1 Å². The van der Waals surface area contributed by atoms with Gasteiger partial charge in [-0.1, -0.05) is 54.6 Å². The molecule has 1 aliphatic heterocycles. The fourth-order valence-electron chi connectivity index (χ4n) is 3.05. The molecule has 0 saturated carbocycles. The van der Waals surface area contributed by atoms with Gasteiger partial charge in [-0.05, 0) is 23.1 Å². The predicted octanol–water partition coefficient (Wildman–Crippen LogP) is 3.02. The topological polar surface area (TPSA) is 78.9 Å². The number of urea groups is 1. The van der Waals surface area contributed by atoms with Crippen molar-refractivity contribution in [1.29, 1.82) is 0 Å². The molecule has 27 heavy (non-hydrogen) atoms. The minimum Gasteiger partial charge on any atom is -0.481 e. The van der Waals surface area contributed by atoms with Gasteiger partial charge in [-0.25, -0.2) is 4.79 Å². The Labute approximate surface area is 158 Å². The summed E-state index contributed by atoms with van der Waals surface area (Å²) < 4.78 is 5.72. The van der Waals surface area contributed by atoms with Crippen molar-refractivity contribution in [2.24, 2.45) is 5.92 Å². The van der Waals surface area contributed by atoms with Gasteiger partial charge in [-0.2, -0.15) is 0 Å². The predicted molar refractivity (Wildman–Crippen MR) is 101 cm³/mol. The van der Waals surface area contributed by atoms with E-state index < -0.39 is 11.9 Å². The van der Waals surface area contributed by atoms with Crippen LogP contribution < -0.4 is 5.32 Å². The number of hydrogen-bond donors (Lipinski definition) is 2. The normalized spacial score (nSPS) is 16.3. The van der Waals surface area contributed by atoms with Gasteiger partial charge in [-0.3, -0.25) is 4.79 Å². The Morgan fingerprint density at radius 3 is 2.26 bits per heavy atom. The molecule has 0 aliphatic carbocycles. The number of carbonyl (C=O) groups excluding carboxylic acids is 1. The van der Waals surface area contributed by atoms with Gasteiger partial charge in [0.25, 0.3) is 0 Å². The van der Waals surface area contributed by atoms with E-state index in [-0.39, 0.29) is 12.6 Å². The third-order valence-electron chi connectivity index (χ3n) is 4.67. The van der Waals surface area contributed by atoms with Crippen LogP contribution >= 0.6 is 0 Å². The van der Waals surface area contributed by atoms with Crippen LogP contribution in [0.3, 0.4) is 0 Å². The van der Waals surface area contributed by atoms with Gasteiger partial charge in [0.05, 0.1) is 19.1 Å². The molecule has 1 atom stereocenters. The number of carbonyl (C=O) groups is 2. The Morgan fingerprint density at radius 1 is 1.00 bits per heavy atom. The van der Waals surface area contributed by atoms with Crippen LogP contribution in [0, 0.1) is 5.92 Å². The molecule has 1 unspecified atom stereocenters. The number of ether oxygens (including phenoxy) is 1. The molecule has 1 saturated heterocycles. The Kier molecular flexibility index (Phi) is 6.44. The number of aliphatic carboxylic acids is 1. The Bertz CT molecular complexity index is 762. The minimum absolute atomic E-state index is 0.214. The van der Waals surface area contributed by atoms with E-state index >= 15 is 0 Å². The molecule has 0 radical (unpaired) electrons. The van der Waals surface area contributed by atoms with Crippen LogP contribution in [0.25, 0.3) is 0 Å². The lowest BCUT2D eigenvalue weighted by Gasteiger charge is -2.16. The molecular weight excluding hydrogens is 344 g/mol. The van der Waals surface area contributed by atoms with Crippen molar-refractivity contribution < 1.29 is 19.4 Å². The van der Waals surface area contributed by atoms with Gasteiger partial charge in [0.1, 0.15) is 0 Å². The number of nitrogens with one attached hydrogen (secondary N) is 1. The highest BCUT2D eigenvalue weighted by Crippen LogP contribution is 2.16. The van der Waals surface area contributed by atoms with Crippen LogP contribution in [0.4, 0.5) is 4.79 Å². The molecule has 2 aromatic rings. The van der Waals surface area contributed by atoms with E-state index in [9.17, 15) is 9.59 Å². The van der Waals surface area contributed by atoms with E-state index in [1.54, 1.807) is 4.90 Å². The molecule has 1 heterocycles. The molecule has 1 aliphatic rings. The summed E-state index contributed by atoms with van der Waals surface area (Å²) in [5, 5.41) is 11.9. The van der Waals surface area contributed by atoms with Crippen molar-refractivity contribution in [2.75, 3.05) is 13.1 Å². The van der Waals surface area contributed by atoms with E-state index in [1.807, 2.05) is 54.6 Å². The van der Waals surface area contributed by atoms with E-state index in [0.29, 0.717) is 32.7 Å². The third kappa shape index (κ3) is 5.56. The van der Waals surface area contributed by atoms with Crippen LogP contribution in [0.1, 0.15) is 23.1 Å². The highest BCUT2D eigenvalue weighted by Gasteiger charge is 2.30. The van der Waals surface area contributed by atoms with Crippen LogP contribution in [0.15, 0.2) is 54.6 Å². The highest BCUT2D eigenvalue weighted by atomic mass is 16.5. The summed E-state index contributed by atoms with van der Waals surface area (Å²) in [6.07, 6.45) is 0.514. The number of benzene rings is 2. The van der Waals surface area contributed by atoms with Crippen LogP contribution in [0.5, 0.6) is 0 Å². The van der Waals surface area contributed by atoms with E-state index in [4.69, 9.17) is 9.84 Å². The van der Waals surface area contributed by atoms with E-state index in [1.165, 1.54) is 0 Å². The second kappa shape index (κ2) is 9.19. The van der Waals surface area contributed by atoms with Crippen molar-refractivity contribution in [3.8, 4) is 0 Å². The second-order valence-corrected chi connectivity index (χ2v) is 6.72. The molecule has 0 aromatic heterocycles. The first kappa shape index (κ1) is 18.9. The first-order valence-electron chi connectivity index (χ1n) is 9.07. The third-order valence-corrected chi connectivity index (χ3v) is 4.67. The molecule has 6 nitrogen and oxygen atoms in total. The highest BCUT2D eigenvalue weighted by molar-refractivity contribution is 5.77. The Balaban J connectivity index is 1.40. The van der Waals surface area contributed by atoms with Gasteiger partial charge in [0.15, 0.2) is 0 Å². The van der Waals surface area contributed by atoms with Crippen molar-refractivity contribution in [3.05, 3.63) is 71.3 Å². The SMILES string of the molecule is O=C(O)C1CCN(C(=O)NCc2ccc(COCc3ccccc3)cc2)C1. The first-order chi connectivity index (χ1) is 13.1. The smallest absolute Gasteiger partial charge is 0.317 e. The Hall–Kier alpha value is -2.86. The largest absolute Gasteiger partial charge is 0.481 e. The first-order valence-corrected chi connectivity index (χ1v) is 9.07. The molecule has 0 bridgehead atoms. The molecule has 3 rings (SSSR count). The number of amides is 2. The monoisotopic (exact) mass is 368 g/mol. The summed E-state index contributed by atoms with van der Waals surface area (Å²) >= 11 is 0. The van der Waals surface area contributed by atoms with E-state index in [2.05, 4.69) is 5.32 Å². The molecule has 6 heteroatoms. The summed E-state index contributed by atoms with van der Waals surface area (Å²) in [7, 11) is 0. The summed E-state index contributed by atoms with van der Waals surface area (Å²) in [6, 6.07) is 17.7. The quantitative estimate of drug-likeness (QED) is 0.787. The number of carboxylic acid groups (broad SMARTS) is 1. The van der Waals surface area contributed by atoms with Gasteiger partial charge < -0.3 is 20.1 Å². The van der Waals surface area contributed by atoms with Gasteiger partial charge in [-0.15, -0.1) is 0 Å². The number of carboxylic acids is 1. The molecule has 1 fully saturated rings. The van der Waals surface area contributed by atoms with Gasteiger partial charge in [0, 0.05) is 19.6 Å². The average molecular weight is 368 g/mol. The molecular formula is C21H24N2O4. The van der Waals surface area contributed by atoms with Gasteiger partial charge in [0.2, 0.25) is 0 Å². The maximum Gasteiger partial charge on any atom is 0.317 e. The fraction of sp³-hybridized carbons (Fsp3) is 0.333. The van der Waals surface area contributed by atoms with E-state index in [0.717, 1.165) is 16.7 Å². The molecule has 2 aromatic carbocycles. The zero-order valence-electron chi connectivity index (χ0n) is 15.1.